The van der Waals surface area contributed by atoms with Crippen LogP contribution in [0, 0.1) is 0 Å². The highest BCUT2D eigenvalue weighted by atomic mass is 16.1. The molecular weight excluding hydrogens is 464 g/mol. The normalized spacial score (nSPS) is 11.2. The number of carbonyl (C=O) groups is 1. The van der Waals surface area contributed by atoms with E-state index in [-0.39, 0.29) is 5.78 Å². The Labute approximate surface area is 229 Å². The number of hydrogen-bond acceptors (Lipinski definition) is 1. The summed E-state index contributed by atoms with van der Waals surface area (Å²) >= 11 is 0. The van der Waals surface area contributed by atoms with E-state index >= 15 is 0 Å². The van der Waals surface area contributed by atoms with Crippen molar-refractivity contribution < 1.29 is 4.79 Å². The van der Waals surface area contributed by atoms with Gasteiger partial charge in [-0.3, -0.25) is 4.79 Å². The summed E-state index contributed by atoms with van der Waals surface area (Å²) in [4.78, 5) is 13.1. The fourth-order valence-electron chi connectivity index (χ4n) is 5.10. The second-order valence-corrected chi connectivity index (χ2v) is 10.6. The molecule has 0 aliphatic carbocycles. The maximum Gasteiger partial charge on any atom is 0.193 e. The Morgan fingerprint density at radius 3 is 1.32 bits per heavy atom. The van der Waals surface area contributed by atoms with Crippen LogP contribution in [0.4, 0.5) is 0 Å². The van der Waals surface area contributed by atoms with Crippen molar-refractivity contribution >= 4 is 5.78 Å². The highest BCUT2D eigenvalue weighted by Gasteiger charge is 2.10. The number of unbranched alkanes of at least 4 members (excludes halogenated alkanes) is 8. The molecule has 0 amide bonds. The lowest BCUT2D eigenvalue weighted by molar-refractivity contribution is 0.103. The van der Waals surface area contributed by atoms with Crippen molar-refractivity contribution in [3.63, 3.8) is 0 Å². The van der Waals surface area contributed by atoms with E-state index < -0.39 is 0 Å². The fraction of sp³-hybridized carbons (Fsp3) is 0.400. The molecule has 0 spiro atoms. The van der Waals surface area contributed by atoms with Crippen LogP contribution >= 0.6 is 0 Å². The van der Waals surface area contributed by atoms with Crippen LogP contribution in [0.5, 0.6) is 0 Å². The van der Waals surface area contributed by atoms with Gasteiger partial charge in [0.05, 0.1) is 0 Å². The van der Waals surface area contributed by atoms with Gasteiger partial charge in [-0.2, -0.15) is 0 Å². The van der Waals surface area contributed by atoms with Gasteiger partial charge < -0.3 is 9.13 Å². The number of benzene rings is 2. The maximum absolute atomic E-state index is 13.1. The van der Waals surface area contributed by atoms with Gasteiger partial charge in [0.1, 0.15) is 0 Å². The van der Waals surface area contributed by atoms with Crippen molar-refractivity contribution in [2.45, 2.75) is 90.9 Å². The molecule has 0 N–H and O–H groups in total. The summed E-state index contributed by atoms with van der Waals surface area (Å²) in [6.07, 6.45) is 24.0. The molecule has 0 aliphatic heterocycles. The van der Waals surface area contributed by atoms with Crippen molar-refractivity contribution in [2.75, 3.05) is 0 Å². The Bertz CT molecular complexity index is 1150. The summed E-state index contributed by atoms with van der Waals surface area (Å²) in [5.74, 6) is 0.0589. The van der Waals surface area contributed by atoms with Crippen molar-refractivity contribution in [2.24, 2.45) is 0 Å². The molecule has 0 saturated heterocycles. The molecule has 0 aliphatic rings. The van der Waals surface area contributed by atoms with Crippen LogP contribution < -0.4 is 0 Å². The van der Waals surface area contributed by atoms with Crippen LogP contribution in [0.3, 0.4) is 0 Å². The fourth-order valence-corrected chi connectivity index (χ4v) is 5.10. The van der Waals surface area contributed by atoms with E-state index in [0.717, 1.165) is 35.3 Å². The van der Waals surface area contributed by atoms with Gasteiger partial charge in [-0.05, 0) is 97.5 Å². The minimum absolute atomic E-state index is 0.0589. The van der Waals surface area contributed by atoms with Crippen LogP contribution in [0.25, 0.3) is 11.4 Å². The van der Waals surface area contributed by atoms with Gasteiger partial charge in [-0.15, -0.1) is 0 Å². The molecule has 2 aromatic carbocycles. The molecule has 3 heteroatoms. The van der Waals surface area contributed by atoms with Crippen LogP contribution in [0.2, 0.25) is 0 Å². The quantitative estimate of drug-likeness (QED) is 0.109. The monoisotopic (exact) mass is 508 g/mol. The standard InChI is InChI=1S/C35H44N2O/c1-3-5-7-9-11-13-29-23-25-36(27-29)33-19-15-31(16-20-33)35(38)32-17-21-34(22-18-32)37-26-24-30(28-37)14-12-10-8-6-4-2/h15-28H,3-14H2,1-2H3. The van der Waals surface area contributed by atoms with E-state index in [0.29, 0.717) is 0 Å². The molecule has 4 rings (SSSR count). The maximum atomic E-state index is 13.1. The molecule has 0 saturated carbocycles. The summed E-state index contributed by atoms with van der Waals surface area (Å²) in [7, 11) is 0. The van der Waals surface area contributed by atoms with Crippen molar-refractivity contribution in [3.05, 3.63) is 108 Å². The molecule has 2 aromatic heterocycles. The number of rotatable bonds is 16. The molecule has 200 valence electrons. The molecule has 0 fully saturated rings. The van der Waals surface area contributed by atoms with Crippen LogP contribution in [0.1, 0.15) is 105 Å². The second kappa shape index (κ2) is 14.6. The van der Waals surface area contributed by atoms with Crippen molar-refractivity contribution in [1.82, 2.24) is 9.13 Å². The molecule has 0 radical (unpaired) electrons. The third-order valence-electron chi connectivity index (χ3n) is 7.50. The Morgan fingerprint density at radius 1 is 0.526 bits per heavy atom. The molecule has 0 unspecified atom stereocenters. The molecule has 2 heterocycles. The molecule has 4 aromatic rings. The number of ketones is 1. The first-order chi connectivity index (χ1) is 18.7. The lowest BCUT2D eigenvalue weighted by Gasteiger charge is -2.07. The third-order valence-corrected chi connectivity index (χ3v) is 7.50. The number of aryl methyl sites for hydroxylation is 2. The Kier molecular flexibility index (Phi) is 10.6. The van der Waals surface area contributed by atoms with E-state index in [4.69, 9.17) is 0 Å². The van der Waals surface area contributed by atoms with E-state index in [1.54, 1.807) is 0 Å². The van der Waals surface area contributed by atoms with Gasteiger partial charge in [-0.25, -0.2) is 0 Å². The predicted octanol–water partition coefficient (Wildman–Crippen LogP) is 9.52. The van der Waals surface area contributed by atoms with E-state index in [9.17, 15) is 4.79 Å². The SMILES string of the molecule is CCCCCCCc1ccn(-c2ccc(C(=O)c3ccc(-n4ccc(CCCCCCC)c4)cc3)cc2)c1. The summed E-state index contributed by atoms with van der Waals surface area (Å²) in [6.45, 7) is 4.51. The number of nitrogens with zero attached hydrogens (tertiary/aromatic N) is 2. The zero-order valence-corrected chi connectivity index (χ0v) is 23.4. The molecule has 0 atom stereocenters. The van der Waals surface area contributed by atoms with E-state index in [2.05, 4.69) is 59.9 Å². The Balaban J connectivity index is 1.31. The number of aromatic nitrogens is 2. The Hall–Kier alpha value is -3.33. The minimum atomic E-state index is 0.0589. The van der Waals surface area contributed by atoms with Crippen LogP contribution in [-0.4, -0.2) is 14.9 Å². The first kappa shape index (κ1) is 27.7. The first-order valence-corrected chi connectivity index (χ1v) is 14.8. The molecular formula is C35H44N2O. The predicted molar refractivity (Wildman–Crippen MR) is 160 cm³/mol. The summed E-state index contributed by atoms with van der Waals surface area (Å²) in [6, 6.07) is 20.3. The van der Waals surface area contributed by atoms with E-state index in [1.807, 2.05) is 48.5 Å². The second-order valence-electron chi connectivity index (χ2n) is 10.6. The number of hydrogen-bond donors (Lipinski definition) is 0. The minimum Gasteiger partial charge on any atom is -0.324 e. The van der Waals surface area contributed by atoms with Crippen LogP contribution in [0.15, 0.2) is 85.5 Å². The molecule has 3 nitrogen and oxygen atoms in total. The summed E-state index contributed by atoms with van der Waals surface area (Å²) in [5, 5.41) is 0. The Morgan fingerprint density at radius 2 is 0.921 bits per heavy atom. The first-order valence-electron chi connectivity index (χ1n) is 14.8. The van der Waals surface area contributed by atoms with Gasteiger partial charge in [0.2, 0.25) is 0 Å². The lowest BCUT2D eigenvalue weighted by Crippen LogP contribution is -2.02. The van der Waals surface area contributed by atoms with Gasteiger partial charge in [0.25, 0.3) is 0 Å². The topological polar surface area (TPSA) is 26.9 Å². The zero-order chi connectivity index (χ0) is 26.6. The highest BCUT2D eigenvalue weighted by molar-refractivity contribution is 6.09. The highest BCUT2D eigenvalue weighted by Crippen LogP contribution is 2.19. The zero-order valence-electron chi connectivity index (χ0n) is 23.4. The smallest absolute Gasteiger partial charge is 0.193 e. The molecule has 0 bridgehead atoms. The van der Waals surface area contributed by atoms with Gasteiger partial charge in [-0.1, -0.05) is 65.2 Å². The van der Waals surface area contributed by atoms with Gasteiger partial charge in [0.15, 0.2) is 5.78 Å². The van der Waals surface area contributed by atoms with Gasteiger partial charge >= 0.3 is 0 Å². The lowest BCUT2D eigenvalue weighted by atomic mass is 10.0. The largest absolute Gasteiger partial charge is 0.324 e. The van der Waals surface area contributed by atoms with Crippen molar-refractivity contribution in [3.8, 4) is 11.4 Å². The average Bonchev–Trinajstić information content (AvgIpc) is 3.63. The van der Waals surface area contributed by atoms with E-state index in [1.165, 1.54) is 75.3 Å². The van der Waals surface area contributed by atoms with Crippen LogP contribution in [-0.2, 0) is 12.8 Å². The van der Waals surface area contributed by atoms with Gasteiger partial charge in [0, 0.05) is 47.3 Å². The summed E-state index contributed by atoms with van der Waals surface area (Å²) < 4.78 is 4.31. The van der Waals surface area contributed by atoms with Crippen molar-refractivity contribution in [1.29, 1.82) is 0 Å². The average molecular weight is 509 g/mol. The third kappa shape index (κ3) is 7.84. The number of carbonyl (C=O) groups excluding carboxylic acids is 1. The molecule has 38 heavy (non-hydrogen) atoms. The summed E-state index contributed by atoms with van der Waals surface area (Å²) in [5.41, 5.74) is 6.37.